The van der Waals surface area contributed by atoms with Gasteiger partial charge in [0, 0.05) is 37.3 Å². The number of carbonyl (C=O) groups excluding carboxylic acids is 2. The zero-order chi connectivity index (χ0) is 24.5. The molecule has 1 fully saturated rings. The van der Waals surface area contributed by atoms with Crippen molar-refractivity contribution in [2.24, 2.45) is 0 Å². The van der Waals surface area contributed by atoms with Gasteiger partial charge in [0.05, 0.1) is 23.3 Å². The second-order valence-electron chi connectivity index (χ2n) is 8.46. The Balaban J connectivity index is 1.62. The number of amides is 2. The molecule has 3 rings (SSSR count). The molecular weight excluding hydrogens is 424 g/mol. The third-order valence-electron chi connectivity index (χ3n) is 5.95. The fraction of sp³-hybridized carbons (Fsp3) is 0.286. The predicted octanol–water partition coefficient (Wildman–Crippen LogP) is 4.38. The van der Waals surface area contributed by atoms with Gasteiger partial charge in [-0.25, -0.2) is 0 Å². The van der Waals surface area contributed by atoms with Crippen LogP contribution in [0.25, 0.3) is 12.2 Å². The van der Waals surface area contributed by atoms with Crippen molar-refractivity contribution in [1.29, 1.82) is 10.5 Å². The van der Waals surface area contributed by atoms with Gasteiger partial charge in [0.1, 0.15) is 0 Å². The summed E-state index contributed by atoms with van der Waals surface area (Å²) in [4.78, 5) is 29.4. The van der Waals surface area contributed by atoms with Crippen LogP contribution in [0, 0.1) is 22.7 Å². The highest BCUT2D eigenvalue weighted by Crippen LogP contribution is 2.21. The number of carbonyl (C=O) groups is 2. The summed E-state index contributed by atoms with van der Waals surface area (Å²) >= 11 is 0. The smallest absolute Gasteiger partial charge is 0.247 e. The maximum absolute atomic E-state index is 13.0. The van der Waals surface area contributed by atoms with Crippen molar-refractivity contribution in [1.82, 2.24) is 9.80 Å². The molecule has 2 aromatic rings. The van der Waals surface area contributed by atoms with E-state index in [9.17, 15) is 20.1 Å². The third kappa shape index (κ3) is 5.99. The third-order valence-corrected chi connectivity index (χ3v) is 5.95. The molecule has 0 atom stereocenters. The van der Waals surface area contributed by atoms with Crippen LogP contribution in [0.4, 0.5) is 0 Å². The van der Waals surface area contributed by atoms with Crippen molar-refractivity contribution in [2.75, 3.05) is 13.1 Å². The molecule has 0 radical (unpaired) electrons. The normalized spacial score (nSPS) is 14.3. The van der Waals surface area contributed by atoms with Crippen molar-refractivity contribution < 1.29 is 9.59 Å². The molecule has 0 saturated carbocycles. The van der Waals surface area contributed by atoms with E-state index < -0.39 is 0 Å². The first kappa shape index (κ1) is 24.5. The summed E-state index contributed by atoms with van der Waals surface area (Å²) in [5.74, 6) is -0.192. The SMILES string of the molecule is CC(C)N(C(=O)/C=C/c1ccccc1C#N)C1CCN(C(=O)/C=C/c2ccccc2C#N)CC1. The number of hydrogen-bond donors (Lipinski definition) is 0. The van der Waals surface area contributed by atoms with Crippen LogP contribution in [-0.2, 0) is 9.59 Å². The molecule has 6 nitrogen and oxygen atoms in total. The number of piperidine rings is 1. The fourth-order valence-corrected chi connectivity index (χ4v) is 4.22. The van der Waals surface area contributed by atoms with Gasteiger partial charge in [-0.3, -0.25) is 9.59 Å². The van der Waals surface area contributed by atoms with Crippen molar-refractivity contribution >= 4 is 24.0 Å². The molecular formula is C28H28N4O2. The van der Waals surface area contributed by atoms with Crippen LogP contribution >= 0.6 is 0 Å². The zero-order valence-electron chi connectivity index (χ0n) is 19.5. The van der Waals surface area contributed by atoms with Gasteiger partial charge in [-0.15, -0.1) is 0 Å². The van der Waals surface area contributed by atoms with E-state index in [2.05, 4.69) is 12.1 Å². The predicted molar refractivity (Wildman–Crippen MR) is 132 cm³/mol. The van der Waals surface area contributed by atoms with Crippen molar-refractivity contribution in [3.05, 3.63) is 82.9 Å². The van der Waals surface area contributed by atoms with E-state index in [1.165, 1.54) is 12.2 Å². The minimum atomic E-state index is -0.0967. The van der Waals surface area contributed by atoms with Gasteiger partial charge in [-0.1, -0.05) is 36.4 Å². The van der Waals surface area contributed by atoms with Gasteiger partial charge in [-0.05, 0) is 62.1 Å². The monoisotopic (exact) mass is 452 g/mol. The first-order valence-corrected chi connectivity index (χ1v) is 11.4. The molecule has 0 aliphatic carbocycles. The highest BCUT2D eigenvalue weighted by atomic mass is 16.2. The number of rotatable bonds is 6. The standard InChI is InChI=1S/C28H28N4O2/c1-21(2)32(28(34)14-12-23-8-4-6-10-25(23)20-30)26-15-17-31(18-16-26)27(33)13-11-22-7-3-5-9-24(22)19-29/h3-14,21,26H,15-18H2,1-2H3/b13-11+,14-12+. The van der Waals surface area contributed by atoms with Gasteiger partial charge in [0.15, 0.2) is 0 Å². The number of nitrogens with zero attached hydrogens (tertiary/aromatic N) is 4. The quantitative estimate of drug-likeness (QED) is 0.608. The summed E-state index contributed by atoms with van der Waals surface area (Å²) in [6.07, 6.45) is 7.81. The molecule has 6 heteroatoms. The Morgan fingerprint density at radius 1 is 0.912 bits per heavy atom. The lowest BCUT2D eigenvalue weighted by Crippen LogP contribution is -2.50. The highest BCUT2D eigenvalue weighted by molar-refractivity contribution is 5.93. The lowest BCUT2D eigenvalue weighted by molar-refractivity contribution is -0.132. The number of likely N-dealkylation sites (tertiary alicyclic amines) is 1. The fourth-order valence-electron chi connectivity index (χ4n) is 4.22. The summed E-state index contributed by atoms with van der Waals surface area (Å²) < 4.78 is 0. The molecule has 1 aliphatic rings. The molecule has 34 heavy (non-hydrogen) atoms. The Bertz CT molecular complexity index is 1180. The summed E-state index contributed by atoms with van der Waals surface area (Å²) in [6.45, 7) is 5.10. The van der Waals surface area contributed by atoms with Crippen LogP contribution in [0.5, 0.6) is 0 Å². The van der Waals surface area contributed by atoms with E-state index >= 15 is 0 Å². The molecule has 1 saturated heterocycles. The van der Waals surface area contributed by atoms with Crippen LogP contribution in [0.1, 0.15) is 48.9 Å². The molecule has 2 aromatic carbocycles. The van der Waals surface area contributed by atoms with Crippen LogP contribution in [0.2, 0.25) is 0 Å². The number of hydrogen-bond acceptors (Lipinski definition) is 4. The largest absolute Gasteiger partial charge is 0.339 e. The Kier molecular flexibility index (Phi) is 8.37. The van der Waals surface area contributed by atoms with Crippen LogP contribution in [0.3, 0.4) is 0 Å². The Hall–Kier alpha value is -4.16. The Morgan fingerprint density at radius 3 is 1.91 bits per heavy atom. The maximum Gasteiger partial charge on any atom is 0.247 e. The van der Waals surface area contributed by atoms with Gasteiger partial charge in [0.2, 0.25) is 11.8 Å². The first-order chi connectivity index (χ1) is 16.4. The first-order valence-electron chi connectivity index (χ1n) is 11.4. The summed E-state index contributed by atoms with van der Waals surface area (Å²) in [6, 6.07) is 18.7. The second-order valence-corrected chi connectivity index (χ2v) is 8.46. The maximum atomic E-state index is 13.0. The lowest BCUT2D eigenvalue weighted by atomic mass is 10.0. The average molecular weight is 453 g/mol. The highest BCUT2D eigenvalue weighted by Gasteiger charge is 2.29. The van der Waals surface area contributed by atoms with E-state index in [1.807, 2.05) is 43.0 Å². The number of benzene rings is 2. The number of nitriles is 2. The summed E-state index contributed by atoms with van der Waals surface area (Å²) in [5, 5.41) is 18.5. The van der Waals surface area contributed by atoms with Gasteiger partial charge in [-0.2, -0.15) is 10.5 Å². The van der Waals surface area contributed by atoms with Crippen molar-refractivity contribution in [3.8, 4) is 12.1 Å². The molecule has 0 aromatic heterocycles. The summed E-state index contributed by atoms with van der Waals surface area (Å²) in [7, 11) is 0. The lowest BCUT2D eigenvalue weighted by Gasteiger charge is -2.40. The van der Waals surface area contributed by atoms with E-state index in [1.54, 1.807) is 41.3 Å². The van der Waals surface area contributed by atoms with Gasteiger partial charge in [0.25, 0.3) is 0 Å². The molecule has 0 spiro atoms. The minimum Gasteiger partial charge on any atom is -0.339 e. The van der Waals surface area contributed by atoms with Crippen LogP contribution in [0.15, 0.2) is 60.7 Å². The van der Waals surface area contributed by atoms with E-state index in [4.69, 9.17) is 0 Å². The topological polar surface area (TPSA) is 88.2 Å². The van der Waals surface area contributed by atoms with E-state index in [0.29, 0.717) is 42.6 Å². The molecule has 1 heterocycles. The molecule has 172 valence electrons. The molecule has 0 unspecified atom stereocenters. The van der Waals surface area contributed by atoms with E-state index in [-0.39, 0.29) is 23.9 Å². The molecule has 0 bridgehead atoms. The van der Waals surface area contributed by atoms with Crippen LogP contribution < -0.4 is 0 Å². The van der Waals surface area contributed by atoms with Crippen molar-refractivity contribution in [2.45, 2.75) is 38.8 Å². The molecule has 1 aliphatic heterocycles. The minimum absolute atomic E-state index is 0.0120. The zero-order valence-corrected chi connectivity index (χ0v) is 19.5. The molecule has 0 N–H and O–H groups in total. The van der Waals surface area contributed by atoms with Crippen LogP contribution in [-0.4, -0.2) is 46.8 Å². The average Bonchev–Trinajstić information content (AvgIpc) is 2.86. The second kappa shape index (κ2) is 11.6. The Labute approximate surface area is 201 Å². The summed E-state index contributed by atoms with van der Waals surface area (Å²) in [5.41, 5.74) is 2.49. The van der Waals surface area contributed by atoms with Gasteiger partial charge < -0.3 is 9.80 Å². The Morgan fingerprint density at radius 2 is 1.41 bits per heavy atom. The molecule has 2 amide bonds. The van der Waals surface area contributed by atoms with E-state index in [0.717, 1.165) is 5.56 Å². The van der Waals surface area contributed by atoms with Crippen molar-refractivity contribution in [3.63, 3.8) is 0 Å². The van der Waals surface area contributed by atoms with Gasteiger partial charge >= 0.3 is 0 Å².